The Bertz CT molecular complexity index is 507. The molecule has 0 saturated carbocycles. The first kappa shape index (κ1) is 14.4. The molecule has 2 atom stereocenters. The van der Waals surface area contributed by atoms with Gasteiger partial charge in [-0.15, -0.1) is 0 Å². The number of amides is 2. The van der Waals surface area contributed by atoms with Gasteiger partial charge in [0.15, 0.2) is 0 Å². The third kappa shape index (κ3) is 3.49. The molecule has 2 N–H and O–H groups in total. The molecule has 0 spiro atoms. The summed E-state index contributed by atoms with van der Waals surface area (Å²) in [5, 5.41) is 21.2. The zero-order valence-corrected chi connectivity index (χ0v) is 11.5. The van der Waals surface area contributed by atoms with Gasteiger partial charge in [0.25, 0.3) is 0 Å². The lowest BCUT2D eigenvalue weighted by Crippen LogP contribution is -2.47. The van der Waals surface area contributed by atoms with E-state index in [1.807, 2.05) is 19.1 Å². The second-order valence-electron chi connectivity index (χ2n) is 5.24. The number of aliphatic hydroxyl groups excluding tert-OH is 1. The number of hydrogen-bond acceptors (Lipinski definition) is 3. The number of rotatable bonds is 2. The van der Waals surface area contributed by atoms with Gasteiger partial charge in [-0.3, -0.25) is 0 Å². The van der Waals surface area contributed by atoms with E-state index in [0.717, 1.165) is 12.0 Å². The molecule has 1 aliphatic rings. The smallest absolute Gasteiger partial charge is 0.321 e. The fourth-order valence-corrected chi connectivity index (χ4v) is 2.23. The van der Waals surface area contributed by atoms with Gasteiger partial charge in [0.2, 0.25) is 0 Å². The van der Waals surface area contributed by atoms with E-state index in [0.29, 0.717) is 25.2 Å². The zero-order valence-electron chi connectivity index (χ0n) is 11.5. The summed E-state index contributed by atoms with van der Waals surface area (Å²) in [4.78, 5) is 13.7. The Hall–Kier alpha value is -2.06. The number of nitrogens with zero attached hydrogens (tertiary/aromatic N) is 2. The third-order valence-electron chi connectivity index (χ3n) is 3.69. The number of carbonyl (C=O) groups excluding carboxylic acids is 1. The molecule has 1 heterocycles. The summed E-state index contributed by atoms with van der Waals surface area (Å²) in [6, 6.07) is 9.11. The molecular formula is C15H19N3O2. The molecule has 5 nitrogen and oxygen atoms in total. The van der Waals surface area contributed by atoms with Crippen LogP contribution in [0.3, 0.4) is 0 Å². The predicted octanol–water partition coefficient (Wildman–Crippen LogP) is 1.99. The van der Waals surface area contributed by atoms with Gasteiger partial charge in [0.05, 0.1) is 18.6 Å². The van der Waals surface area contributed by atoms with Gasteiger partial charge in [-0.25, -0.2) is 4.79 Å². The second kappa shape index (κ2) is 6.40. The van der Waals surface area contributed by atoms with Gasteiger partial charge in [0.1, 0.15) is 0 Å². The molecule has 1 aromatic carbocycles. The quantitative estimate of drug-likeness (QED) is 0.865. The van der Waals surface area contributed by atoms with Gasteiger partial charge in [0, 0.05) is 18.8 Å². The minimum Gasteiger partial charge on any atom is -0.391 e. The minimum absolute atomic E-state index is 0.191. The Labute approximate surface area is 118 Å². The lowest BCUT2D eigenvalue weighted by atomic mass is 9.96. The van der Waals surface area contributed by atoms with Crippen LogP contribution in [0.15, 0.2) is 24.3 Å². The minimum atomic E-state index is -0.451. The van der Waals surface area contributed by atoms with E-state index < -0.39 is 6.10 Å². The standard InChI is InChI=1S/C15H19N3O2/c1-11-7-9-18(10-14(11)19)15(20)17-13-4-2-12(3-5-13)6-8-16/h2-5,11,14,19H,6-7,9-10H2,1H3,(H,17,20). The number of β-amino-alcohol motifs (C(OH)–C–C–N with tert-alkyl or cyclic N) is 1. The van der Waals surface area contributed by atoms with Crippen LogP contribution < -0.4 is 5.32 Å². The average molecular weight is 273 g/mol. The Morgan fingerprint density at radius 1 is 1.50 bits per heavy atom. The average Bonchev–Trinajstić information content (AvgIpc) is 2.44. The van der Waals surface area contributed by atoms with Gasteiger partial charge in [-0.2, -0.15) is 5.26 Å². The van der Waals surface area contributed by atoms with Gasteiger partial charge >= 0.3 is 6.03 Å². The van der Waals surface area contributed by atoms with Crippen molar-refractivity contribution in [3.63, 3.8) is 0 Å². The molecule has 1 saturated heterocycles. The number of nitriles is 1. The van der Waals surface area contributed by atoms with Crippen LogP contribution in [0.5, 0.6) is 0 Å². The first-order chi connectivity index (χ1) is 9.60. The summed E-state index contributed by atoms with van der Waals surface area (Å²) >= 11 is 0. The Morgan fingerprint density at radius 2 is 2.20 bits per heavy atom. The van der Waals surface area contributed by atoms with Crippen molar-refractivity contribution < 1.29 is 9.90 Å². The van der Waals surface area contributed by atoms with E-state index in [1.165, 1.54) is 0 Å². The number of hydrogen-bond donors (Lipinski definition) is 2. The van der Waals surface area contributed by atoms with Crippen molar-refractivity contribution in [3.8, 4) is 6.07 Å². The second-order valence-corrected chi connectivity index (χ2v) is 5.24. The van der Waals surface area contributed by atoms with Crippen LogP contribution in [0.4, 0.5) is 10.5 Å². The van der Waals surface area contributed by atoms with Gasteiger partial charge < -0.3 is 15.3 Å². The highest BCUT2D eigenvalue weighted by Crippen LogP contribution is 2.18. The molecule has 0 aliphatic carbocycles. The van der Waals surface area contributed by atoms with Crippen molar-refractivity contribution in [1.82, 2.24) is 4.90 Å². The van der Waals surface area contributed by atoms with Crippen molar-refractivity contribution >= 4 is 11.7 Å². The first-order valence-electron chi connectivity index (χ1n) is 6.80. The summed E-state index contributed by atoms with van der Waals surface area (Å²) in [7, 11) is 0. The molecule has 0 bridgehead atoms. The first-order valence-corrected chi connectivity index (χ1v) is 6.80. The molecular weight excluding hydrogens is 254 g/mol. The summed E-state index contributed by atoms with van der Waals surface area (Å²) in [5.74, 6) is 0.240. The van der Waals surface area contributed by atoms with E-state index in [4.69, 9.17) is 5.26 Å². The molecule has 2 unspecified atom stereocenters. The molecule has 1 fully saturated rings. The number of likely N-dealkylation sites (tertiary alicyclic amines) is 1. The third-order valence-corrected chi connectivity index (χ3v) is 3.69. The van der Waals surface area contributed by atoms with Crippen molar-refractivity contribution in [2.75, 3.05) is 18.4 Å². The molecule has 5 heteroatoms. The number of carbonyl (C=O) groups is 1. The monoisotopic (exact) mass is 273 g/mol. The Morgan fingerprint density at radius 3 is 2.80 bits per heavy atom. The number of aliphatic hydroxyl groups is 1. The number of benzene rings is 1. The van der Waals surface area contributed by atoms with Gasteiger partial charge in [-0.1, -0.05) is 19.1 Å². The SMILES string of the molecule is CC1CCN(C(=O)Nc2ccc(CC#N)cc2)CC1O. The normalized spacial score (nSPS) is 22.1. The van der Waals surface area contributed by atoms with Crippen LogP contribution in [-0.2, 0) is 6.42 Å². The molecule has 20 heavy (non-hydrogen) atoms. The lowest BCUT2D eigenvalue weighted by Gasteiger charge is -2.34. The van der Waals surface area contributed by atoms with E-state index in [9.17, 15) is 9.90 Å². The fraction of sp³-hybridized carbons (Fsp3) is 0.467. The topological polar surface area (TPSA) is 76.4 Å². The van der Waals surface area contributed by atoms with Crippen LogP contribution in [-0.4, -0.2) is 35.2 Å². The Balaban J connectivity index is 1.92. The van der Waals surface area contributed by atoms with Crippen LogP contribution in [0.2, 0.25) is 0 Å². The van der Waals surface area contributed by atoms with E-state index in [1.54, 1.807) is 17.0 Å². The largest absolute Gasteiger partial charge is 0.391 e. The van der Waals surface area contributed by atoms with Crippen LogP contribution >= 0.6 is 0 Å². The molecule has 0 aromatic heterocycles. The van der Waals surface area contributed by atoms with Gasteiger partial charge in [-0.05, 0) is 30.0 Å². The van der Waals surface area contributed by atoms with E-state index in [-0.39, 0.29) is 11.9 Å². The summed E-state index contributed by atoms with van der Waals surface area (Å²) in [5.41, 5.74) is 1.62. The highest BCUT2D eigenvalue weighted by molar-refractivity contribution is 5.89. The highest BCUT2D eigenvalue weighted by atomic mass is 16.3. The molecule has 106 valence electrons. The van der Waals surface area contributed by atoms with Crippen molar-refractivity contribution in [1.29, 1.82) is 5.26 Å². The number of nitrogens with one attached hydrogen (secondary N) is 1. The molecule has 1 aromatic rings. The summed E-state index contributed by atoms with van der Waals surface area (Å²) in [6.07, 6.45) is 0.729. The molecule has 2 rings (SSSR count). The zero-order chi connectivity index (χ0) is 14.5. The predicted molar refractivity (Wildman–Crippen MR) is 76.1 cm³/mol. The highest BCUT2D eigenvalue weighted by Gasteiger charge is 2.27. The van der Waals surface area contributed by atoms with E-state index in [2.05, 4.69) is 11.4 Å². The van der Waals surface area contributed by atoms with Crippen LogP contribution in [0.1, 0.15) is 18.9 Å². The summed E-state index contributed by atoms with van der Waals surface area (Å²) < 4.78 is 0. The van der Waals surface area contributed by atoms with Crippen LogP contribution in [0.25, 0.3) is 0 Å². The maximum atomic E-state index is 12.1. The summed E-state index contributed by atoms with van der Waals surface area (Å²) in [6.45, 7) is 3.03. The number of piperidine rings is 1. The molecule has 1 aliphatic heterocycles. The van der Waals surface area contributed by atoms with Crippen molar-refractivity contribution in [2.24, 2.45) is 5.92 Å². The maximum absolute atomic E-state index is 12.1. The maximum Gasteiger partial charge on any atom is 0.321 e. The lowest BCUT2D eigenvalue weighted by molar-refractivity contribution is 0.0464. The van der Waals surface area contributed by atoms with E-state index >= 15 is 0 Å². The van der Waals surface area contributed by atoms with Crippen LogP contribution in [0, 0.1) is 17.2 Å². The fourth-order valence-electron chi connectivity index (χ4n) is 2.23. The molecule has 0 radical (unpaired) electrons. The number of urea groups is 1. The van der Waals surface area contributed by atoms with Crippen molar-refractivity contribution in [3.05, 3.63) is 29.8 Å². The molecule has 2 amide bonds. The van der Waals surface area contributed by atoms with Crippen molar-refractivity contribution in [2.45, 2.75) is 25.9 Å². The Kier molecular flexibility index (Phi) is 4.59. The number of anilines is 1.